The Morgan fingerprint density at radius 1 is 1.62 bits per heavy atom. The van der Waals surface area contributed by atoms with Gasteiger partial charge in [0.2, 0.25) is 0 Å². The molecule has 13 heavy (non-hydrogen) atoms. The molecule has 0 aliphatic rings. The summed E-state index contributed by atoms with van der Waals surface area (Å²) in [6, 6.07) is 0. The van der Waals surface area contributed by atoms with Crippen LogP contribution in [-0.4, -0.2) is 10.9 Å². The van der Waals surface area contributed by atoms with Crippen molar-refractivity contribution in [2.45, 2.75) is 26.3 Å². The van der Waals surface area contributed by atoms with E-state index in [0.717, 1.165) is 24.2 Å². The van der Waals surface area contributed by atoms with Crippen LogP contribution < -0.4 is 4.87 Å². The van der Waals surface area contributed by atoms with Crippen LogP contribution in [0, 0.1) is 0 Å². The number of nitrogens with zero attached hydrogens (tertiary/aromatic N) is 1. The van der Waals surface area contributed by atoms with Crippen molar-refractivity contribution in [2.75, 3.05) is 0 Å². The first-order valence-corrected chi connectivity index (χ1v) is 5.24. The van der Waals surface area contributed by atoms with Gasteiger partial charge in [-0.3, -0.25) is 14.2 Å². The number of unbranched alkanes of at least 4 members (excludes halogenated alkanes) is 1. The molecule has 72 valence electrons. The lowest BCUT2D eigenvalue weighted by atomic mass is 10.3. The van der Waals surface area contributed by atoms with Gasteiger partial charge in [-0.15, -0.1) is 0 Å². The van der Waals surface area contributed by atoms with Crippen molar-refractivity contribution < 1.29 is 4.79 Å². The highest BCUT2D eigenvalue weighted by molar-refractivity contribution is 7.11. The number of aldehydes is 1. The van der Waals surface area contributed by atoms with E-state index in [4.69, 9.17) is 11.6 Å². The predicted molar refractivity (Wildman–Crippen MR) is 53.9 cm³/mol. The summed E-state index contributed by atoms with van der Waals surface area (Å²) in [5, 5.41) is 0.276. The van der Waals surface area contributed by atoms with Gasteiger partial charge in [0.1, 0.15) is 10.0 Å². The van der Waals surface area contributed by atoms with Crippen molar-refractivity contribution in [1.82, 2.24) is 4.57 Å². The number of carbonyl (C=O) groups excluding carboxylic acids is 1. The molecular weight excluding hydrogens is 210 g/mol. The molecule has 0 N–H and O–H groups in total. The molecule has 0 fully saturated rings. The van der Waals surface area contributed by atoms with E-state index in [2.05, 4.69) is 0 Å². The fourth-order valence-corrected chi connectivity index (χ4v) is 2.08. The molecule has 0 atom stereocenters. The van der Waals surface area contributed by atoms with Crippen molar-refractivity contribution >= 4 is 29.2 Å². The Kier molecular flexibility index (Phi) is 3.69. The van der Waals surface area contributed by atoms with Crippen LogP contribution in [0.2, 0.25) is 5.15 Å². The summed E-state index contributed by atoms with van der Waals surface area (Å²) in [4.78, 5) is 21.9. The zero-order chi connectivity index (χ0) is 9.84. The molecule has 0 aromatic carbocycles. The SMILES string of the molecule is CCCCn1c(Cl)c(C=O)sc1=O. The number of aromatic nitrogens is 1. The highest BCUT2D eigenvalue weighted by atomic mass is 35.5. The summed E-state index contributed by atoms with van der Waals surface area (Å²) in [6.07, 6.45) is 2.51. The van der Waals surface area contributed by atoms with E-state index in [1.54, 1.807) is 0 Å². The second-order valence-corrected chi connectivity index (χ2v) is 4.00. The summed E-state index contributed by atoms with van der Waals surface area (Å²) in [5.74, 6) is 0. The predicted octanol–water partition coefficient (Wildman–Crippen LogP) is 2.18. The fraction of sp³-hybridized carbons (Fsp3) is 0.500. The molecule has 0 aliphatic carbocycles. The minimum Gasteiger partial charge on any atom is -0.297 e. The van der Waals surface area contributed by atoms with Gasteiger partial charge in [0, 0.05) is 6.54 Å². The minimum absolute atomic E-state index is 0.152. The van der Waals surface area contributed by atoms with Crippen LogP contribution in [0.4, 0.5) is 0 Å². The maximum Gasteiger partial charge on any atom is 0.308 e. The second kappa shape index (κ2) is 4.58. The lowest BCUT2D eigenvalue weighted by Crippen LogP contribution is -2.12. The average Bonchev–Trinajstić information content (AvgIpc) is 2.39. The Morgan fingerprint density at radius 2 is 2.31 bits per heavy atom. The van der Waals surface area contributed by atoms with Crippen molar-refractivity contribution in [3.05, 3.63) is 19.7 Å². The molecule has 5 heteroatoms. The van der Waals surface area contributed by atoms with Crippen LogP contribution in [0.5, 0.6) is 0 Å². The summed E-state index contributed by atoms with van der Waals surface area (Å²) < 4.78 is 1.44. The van der Waals surface area contributed by atoms with E-state index < -0.39 is 0 Å². The number of hydrogen-bond donors (Lipinski definition) is 0. The minimum atomic E-state index is -0.152. The molecule has 0 unspecified atom stereocenters. The summed E-state index contributed by atoms with van der Waals surface area (Å²) in [7, 11) is 0. The van der Waals surface area contributed by atoms with Gasteiger partial charge in [0.25, 0.3) is 0 Å². The van der Waals surface area contributed by atoms with Gasteiger partial charge in [-0.05, 0) is 6.42 Å². The second-order valence-electron chi connectivity index (χ2n) is 2.65. The van der Waals surface area contributed by atoms with Crippen LogP contribution in [-0.2, 0) is 6.54 Å². The van der Waals surface area contributed by atoms with Crippen LogP contribution in [0.25, 0.3) is 0 Å². The molecule has 0 amide bonds. The van der Waals surface area contributed by atoms with Gasteiger partial charge in [0.15, 0.2) is 6.29 Å². The van der Waals surface area contributed by atoms with E-state index in [1.165, 1.54) is 4.57 Å². The Labute approximate surface area is 85.0 Å². The topological polar surface area (TPSA) is 39.1 Å². The lowest BCUT2D eigenvalue weighted by Gasteiger charge is -1.99. The summed E-state index contributed by atoms with van der Waals surface area (Å²) in [5.41, 5.74) is 0. The van der Waals surface area contributed by atoms with Crippen LogP contribution in [0.15, 0.2) is 4.79 Å². The maximum absolute atomic E-state index is 11.3. The smallest absolute Gasteiger partial charge is 0.297 e. The van der Waals surface area contributed by atoms with Crippen LogP contribution in [0.3, 0.4) is 0 Å². The third-order valence-electron chi connectivity index (χ3n) is 1.70. The third kappa shape index (κ3) is 2.19. The number of carbonyl (C=O) groups is 1. The average molecular weight is 220 g/mol. The van der Waals surface area contributed by atoms with E-state index in [9.17, 15) is 9.59 Å². The summed E-state index contributed by atoms with van der Waals surface area (Å²) >= 11 is 6.71. The normalized spacial score (nSPS) is 10.3. The van der Waals surface area contributed by atoms with Gasteiger partial charge in [0.05, 0.1) is 0 Å². The highest BCUT2D eigenvalue weighted by Gasteiger charge is 2.10. The fourth-order valence-electron chi connectivity index (χ4n) is 0.983. The zero-order valence-corrected chi connectivity index (χ0v) is 8.82. The summed E-state index contributed by atoms with van der Waals surface area (Å²) in [6.45, 7) is 2.63. The molecule has 0 saturated carbocycles. The van der Waals surface area contributed by atoms with Gasteiger partial charge in [-0.2, -0.15) is 0 Å². The molecule has 0 radical (unpaired) electrons. The molecule has 0 bridgehead atoms. The molecular formula is C8H10ClNO2S. The van der Waals surface area contributed by atoms with E-state index >= 15 is 0 Å². The van der Waals surface area contributed by atoms with Crippen molar-refractivity contribution in [3.8, 4) is 0 Å². The molecule has 1 aromatic heterocycles. The largest absolute Gasteiger partial charge is 0.308 e. The van der Waals surface area contributed by atoms with Crippen LogP contribution in [0.1, 0.15) is 29.4 Å². The van der Waals surface area contributed by atoms with Gasteiger partial charge in [-0.25, -0.2) is 0 Å². The molecule has 0 saturated heterocycles. The molecule has 1 aromatic rings. The number of halogens is 1. The Balaban J connectivity index is 2.99. The first-order valence-electron chi connectivity index (χ1n) is 4.05. The molecule has 0 aliphatic heterocycles. The van der Waals surface area contributed by atoms with E-state index in [-0.39, 0.29) is 10.0 Å². The maximum atomic E-state index is 11.3. The zero-order valence-electron chi connectivity index (χ0n) is 7.25. The first-order chi connectivity index (χ1) is 6.20. The van der Waals surface area contributed by atoms with E-state index in [0.29, 0.717) is 17.7 Å². The van der Waals surface area contributed by atoms with Crippen molar-refractivity contribution in [1.29, 1.82) is 0 Å². The van der Waals surface area contributed by atoms with Gasteiger partial charge in [-0.1, -0.05) is 36.3 Å². The molecule has 1 heterocycles. The van der Waals surface area contributed by atoms with Gasteiger partial charge < -0.3 is 0 Å². The number of rotatable bonds is 4. The quantitative estimate of drug-likeness (QED) is 0.729. The molecule has 1 rings (SSSR count). The lowest BCUT2D eigenvalue weighted by molar-refractivity contribution is 0.112. The number of hydrogen-bond acceptors (Lipinski definition) is 3. The Morgan fingerprint density at radius 3 is 2.77 bits per heavy atom. The van der Waals surface area contributed by atoms with E-state index in [1.807, 2.05) is 6.92 Å². The Bertz CT molecular complexity index is 356. The van der Waals surface area contributed by atoms with Crippen molar-refractivity contribution in [3.63, 3.8) is 0 Å². The standard InChI is InChI=1S/C8H10ClNO2S/c1-2-3-4-10-7(9)6(5-11)13-8(10)12/h5H,2-4H2,1H3. The monoisotopic (exact) mass is 219 g/mol. The molecule has 0 spiro atoms. The Hall–Kier alpha value is -0.610. The van der Waals surface area contributed by atoms with Crippen LogP contribution >= 0.6 is 22.9 Å². The first kappa shape index (κ1) is 10.5. The number of thiazole rings is 1. The van der Waals surface area contributed by atoms with Crippen molar-refractivity contribution in [2.24, 2.45) is 0 Å². The van der Waals surface area contributed by atoms with Gasteiger partial charge >= 0.3 is 4.87 Å². The molecule has 3 nitrogen and oxygen atoms in total. The highest BCUT2D eigenvalue weighted by Crippen LogP contribution is 2.16. The third-order valence-corrected chi connectivity index (χ3v) is 3.12.